The average Bonchev–Trinajstić information content (AvgIpc) is 2.26. The molecular formula is C14H20N2O2. The van der Waals surface area contributed by atoms with Gasteiger partial charge in [0.05, 0.1) is 18.7 Å². The quantitative estimate of drug-likeness (QED) is 0.856. The Kier molecular flexibility index (Phi) is 3.87. The number of carbonyl (C=O) groups is 1. The molecule has 0 spiro atoms. The van der Waals surface area contributed by atoms with E-state index >= 15 is 0 Å². The Morgan fingerprint density at radius 1 is 1.44 bits per heavy atom. The molecule has 0 aliphatic carbocycles. The van der Waals surface area contributed by atoms with E-state index in [1.54, 1.807) is 7.11 Å². The highest BCUT2D eigenvalue weighted by molar-refractivity contribution is 5.94. The molecule has 98 valence electrons. The standard InChI is InChI=1S/C14H20N2O2/c1-9(2)10-4-5-13(18-3)12(6-10)16-14(17)11-7-15-8-11/h4-6,9,11,15H,7-8H2,1-3H3,(H,16,17). The third kappa shape index (κ3) is 2.64. The molecule has 1 amide bonds. The Labute approximate surface area is 108 Å². The fourth-order valence-corrected chi connectivity index (χ4v) is 1.89. The van der Waals surface area contributed by atoms with Gasteiger partial charge in [0.2, 0.25) is 5.91 Å². The van der Waals surface area contributed by atoms with Gasteiger partial charge in [-0.2, -0.15) is 0 Å². The number of ether oxygens (including phenoxy) is 1. The zero-order chi connectivity index (χ0) is 13.1. The molecule has 0 bridgehead atoms. The van der Waals surface area contributed by atoms with Gasteiger partial charge in [0.25, 0.3) is 0 Å². The second-order valence-corrected chi connectivity index (χ2v) is 4.96. The number of amides is 1. The summed E-state index contributed by atoms with van der Waals surface area (Å²) in [6.45, 7) is 5.78. The molecule has 2 rings (SSSR count). The van der Waals surface area contributed by atoms with Crippen LogP contribution in [0.15, 0.2) is 18.2 Å². The minimum absolute atomic E-state index is 0.0629. The van der Waals surface area contributed by atoms with E-state index < -0.39 is 0 Å². The molecule has 0 atom stereocenters. The summed E-state index contributed by atoms with van der Waals surface area (Å²) in [6.07, 6.45) is 0. The summed E-state index contributed by atoms with van der Waals surface area (Å²) in [5, 5.41) is 6.05. The largest absolute Gasteiger partial charge is 0.495 e. The lowest BCUT2D eigenvalue weighted by molar-refractivity contribution is -0.121. The molecule has 1 aliphatic heterocycles. The maximum absolute atomic E-state index is 11.9. The fourth-order valence-electron chi connectivity index (χ4n) is 1.89. The molecule has 0 saturated carbocycles. The van der Waals surface area contributed by atoms with Gasteiger partial charge in [-0.3, -0.25) is 4.79 Å². The van der Waals surface area contributed by atoms with E-state index in [4.69, 9.17) is 4.74 Å². The zero-order valence-electron chi connectivity index (χ0n) is 11.1. The van der Waals surface area contributed by atoms with Crippen LogP contribution in [0.1, 0.15) is 25.3 Å². The molecule has 1 fully saturated rings. The topological polar surface area (TPSA) is 50.4 Å². The number of hydrogen-bond donors (Lipinski definition) is 2. The van der Waals surface area contributed by atoms with E-state index in [-0.39, 0.29) is 11.8 Å². The van der Waals surface area contributed by atoms with Crippen molar-refractivity contribution < 1.29 is 9.53 Å². The first-order valence-electron chi connectivity index (χ1n) is 6.31. The lowest BCUT2D eigenvalue weighted by atomic mass is 10.0. The Balaban J connectivity index is 2.17. The summed E-state index contributed by atoms with van der Waals surface area (Å²) in [4.78, 5) is 11.9. The molecule has 0 radical (unpaired) electrons. The van der Waals surface area contributed by atoms with Crippen molar-refractivity contribution in [2.75, 3.05) is 25.5 Å². The summed E-state index contributed by atoms with van der Waals surface area (Å²) in [6, 6.07) is 5.93. The average molecular weight is 248 g/mol. The Morgan fingerprint density at radius 3 is 2.67 bits per heavy atom. The molecule has 0 unspecified atom stereocenters. The van der Waals surface area contributed by atoms with Gasteiger partial charge in [0.15, 0.2) is 0 Å². The summed E-state index contributed by atoms with van der Waals surface area (Å²) < 4.78 is 5.28. The van der Waals surface area contributed by atoms with E-state index in [1.165, 1.54) is 5.56 Å². The van der Waals surface area contributed by atoms with Crippen LogP contribution in [-0.2, 0) is 4.79 Å². The summed E-state index contributed by atoms with van der Waals surface area (Å²) in [5.41, 5.74) is 1.96. The van der Waals surface area contributed by atoms with Crippen LogP contribution in [0.3, 0.4) is 0 Å². The molecule has 1 saturated heterocycles. The van der Waals surface area contributed by atoms with Crippen molar-refractivity contribution in [3.05, 3.63) is 23.8 Å². The van der Waals surface area contributed by atoms with Crippen molar-refractivity contribution in [3.8, 4) is 5.75 Å². The van der Waals surface area contributed by atoms with Crippen molar-refractivity contribution in [1.29, 1.82) is 0 Å². The van der Waals surface area contributed by atoms with Crippen LogP contribution < -0.4 is 15.4 Å². The van der Waals surface area contributed by atoms with E-state index in [0.29, 0.717) is 11.7 Å². The van der Waals surface area contributed by atoms with Crippen molar-refractivity contribution in [2.45, 2.75) is 19.8 Å². The lowest BCUT2D eigenvalue weighted by Gasteiger charge is -2.26. The van der Waals surface area contributed by atoms with Crippen LogP contribution in [0, 0.1) is 5.92 Å². The van der Waals surface area contributed by atoms with E-state index in [2.05, 4.69) is 24.5 Å². The fraction of sp³-hybridized carbons (Fsp3) is 0.500. The predicted molar refractivity (Wildman–Crippen MR) is 72.1 cm³/mol. The third-order valence-electron chi connectivity index (χ3n) is 3.30. The maximum atomic E-state index is 11.9. The second kappa shape index (κ2) is 5.40. The highest BCUT2D eigenvalue weighted by Gasteiger charge is 2.25. The van der Waals surface area contributed by atoms with Gasteiger partial charge >= 0.3 is 0 Å². The Bertz CT molecular complexity index is 439. The van der Waals surface area contributed by atoms with Crippen LogP contribution >= 0.6 is 0 Å². The van der Waals surface area contributed by atoms with Gasteiger partial charge < -0.3 is 15.4 Å². The van der Waals surface area contributed by atoms with E-state index in [1.807, 2.05) is 18.2 Å². The maximum Gasteiger partial charge on any atom is 0.230 e. The van der Waals surface area contributed by atoms with Crippen LogP contribution in [0.2, 0.25) is 0 Å². The smallest absolute Gasteiger partial charge is 0.230 e. The summed E-state index contributed by atoms with van der Waals surface area (Å²) in [5.74, 6) is 1.28. The normalized spacial score (nSPS) is 15.3. The Morgan fingerprint density at radius 2 is 2.17 bits per heavy atom. The van der Waals surface area contributed by atoms with Gasteiger partial charge in [0, 0.05) is 13.1 Å². The number of anilines is 1. The van der Waals surface area contributed by atoms with Gasteiger partial charge in [-0.25, -0.2) is 0 Å². The first kappa shape index (κ1) is 12.9. The third-order valence-corrected chi connectivity index (χ3v) is 3.30. The summed E-state index contributed by atoms with van der Waals surface area (Å²) >= 11 is 0. The highest BCUT2D eigenvalue weighted by Crippen LogP contribution is 2.29. The molecular weight excluding hydrogens is 228 g/mol. The van der Waals surface area contributed by atoms with E-state index in [9.17, 15) is 4.79 Å². The zero-order valence-corrected chi connectivity index (χ0v) is 11.1. The van der Waals surface area contributed by atoms with E-state index in [0.717, 1.165) is 18.8 Å². The first-order chi connectivity index (χ1) is 8.61. The van der Waals surface area contributed by atoms with Crippen molar-refractivity contribution in [1.82, 2.24) is 5.32 Å². The number of methoxy groups -OCH3 is 1. The van der Waals surface area contributed by atoms with Gasteiger partial charge in [-0.05, 0) is 23.6 Å². The highest BCUT2D eigenvalue weighted by atomic mass is 16.5. The molecule has 2 N–H and O–H groups in total. The van der Waals surface area contributed by atoms with Crippen LogP contribution in [-0.4, -0.2) is 26.1 Å². The lowest BCUT2D eigenvalue weighted by Crippen LogP contribution is -2.48. The molecule has 18 heavy (non-hydrogen) atoms. The molecule has 0 aromatic heterocycles. The van der Waals surface area contributed by atoms with Gasteiger partial charge in [-0.15, -0.1) is 0 Å². The molecule has 1 aromatic rings. The van der Waals surface area contributed by atoms with Crippen LogP contribution in [0.4, 0.5) is 5.69 Å². The van der Waals surface area contributed by atoms with Gasteiger partial charge in [0.1, 0.15) is 5.75 Å². The van der Waals surface area contributed by atoms with Crippen molar-refractivity contribution in [2.24, 2.45) is 5.92 Å². The number of nitrogens with one attached hydrogen (secondary N) is 2. The number of benzene rings is 1. The van der Waals surface area contributed by atoms with Crippen molar-refractivity contribution >= 4 is 11.6 Å². The number of hydrogen-bond acceptors (Lipinski definition) is 3. The minimum Gasteiger partial charge on any atom is -0.495 e. The number of carbonyl (C=O) groups excluding carboxylic acids is 1. The van der Waals surface area contributed by atoms with Crippen molar-refractivity contribution in [3.63, 3.8) is 0 Å². The predicted octanol–water partition coefficient (Wildman–Crippen LogP) is 1.98. The van der Waals surface area contributed by atoms with Crippen LogP contribution in [0.25, 0.3) is 0 Å². The monoisotopic (exact) mass is 248 g/mol. The summed E-state index contributed by atoms with van der Waals surface area (Å²) in [7, 11) is 1.62. The molecule has 1 aromatic carbocycles. The second-order valence-electron chi connectivity index (χ2n) is 4.96. The minimum atomic E-state index is 0.0629. The molecule has 4 nitrogen and oxygen atoms in total. The van der Waals surface area contributed by atoms with Gasteiger partial charge in [-0.1, -0.05) is 19.9 Å². The molecule has 1 heterocycles. The first-order valence-corrected chi connectivity index (χ1v) is 6.31. The molecule has 1 aliphatic rings. The SMILES string of the molecule is COc1ccc(C(C)C)cc1NC(=O)C1CNC1. The van der Waals surface area contributed by atoms with Crippen LogP contribution in [0.5, 0.6) is 5.75 Å². The number of rotatable bonds is 4. The molecule has 4 heteroatoms. The Hall–Kier alpha value is -1.55.